The van der Waals surface area contributed by atoms with Gasteiger partial charge in [-0.05, 0) is 49.9 Å². The third-order valence-corrected chi connectivity index (χ3v) is 4.07. The normalized spacial score (nSPS) is 14.2. The number of hydrogen-bond donors (Lipinski definition) is 1. The zero-order valence-electron chi connectivity index (χ0n) is 13.0. The van der Waals surface area contributed by atoms with Crippen molar-refractivity contribution in [2.75, 3.05) is 23.3 Å². The number of hydrogen-bond acceptors (Lipinski definition) is 4. The molecule has 114 valence electrons. The van der Waals surface area contributed by atoms with Gasteiger partial charge in [-0.15, -0.1) is 0 Å². The minimum absolute atomic E-state index is 0.233. The molecule has 1 aromatic heterocycles. The molecule has 0 aliphatic carbocycles. The van der Waals surface area contributed by atoms with E-state index in [-0.39, 0.29) is 5.91 Å². The Labute approximate surface area is 130 Å². The average molecular weight is 296 g/mol. The van der Waals surface area contributed by atoms with E-state index in [1.54, 1.807) is 12.4 Å². The van der Waals surface area contributed by atoms with E-state index in [0.717, 1.165) is 30.2 Å². The first kappa shape index (κ1) is 14.5. The molecule has 1 N–H and O–H groups in total. The van der Waals surface area contributed by atoms with Crippen molar-refractivity contribution in [3.63, 3.8) is 0 Å². The van der Waals surface area contributed by atoms with Crippen molar-refractivity contribution in [3.05, 3.63) is 47.4 Å². The zero-order valence-corrected chi connectivity index (χ0v) is 13.0. The lowest BCUT2D eigenvalue weighted by molar-refractivity contribution is 0.102. The van der Waals surface area contributed by atoms with E-state index < -0.39 is 0 Å². The van der Waals surface area contributed by atoms with Crippen LogP contribution >= 0.6 is 0 Å². The minimum atomic E-state index is -0.233. The molecule has 5 nitrogen and oxygen atoms in total. The largest absolute Gasteiger partial charge is 0.355 e. The number of amides is 1. The van der Waals surface area contributed by atoms with Crippen molar-refractivity contribution >= 4 is 17.4 Å². The lowest BCUT2D eigenvalue weighted by Crippen LogP contribution is -2.20. The van der Waals surface area contributed by atoms with Crippen molar-refractivity contribution in [1.82, 2.24) is 9.97 Å². The van der Waals surface area contributed by atoms with E-state index in [2.05, 4.69) is 20.2 Å². The molecule has 1 amide bonds. The molecule has 1 fully saturated rings. The van der Waals surface area contributed by atoms with Crippen molar-refractivity contribution in [3.8, 4) is 0 Å². The predicted molar refractivity (Wildman–Crippen MR) is 87.3 cm³/mol. The molecule has 0 atom stereocenters. The van der Waals surface area contributed by atoms with Crippen LogP contribution in [-0.2, 0) is 0 Å². The van der Waals surface area contributed by atoms with Gasteiger partial charge in [0.25, 0.3) is 5.91 Å². The SMILES string of the molecule is Cc1ccc(NC(=O)c2cnc(N3CCCC3)cn2)cc1C. The molecule has 0 bridgehead atoms. The second-order valence-corrected chi connectivity index (χ2v) is 5.71. The summed E-state index contributed by atoms with van der Waals surface area (Å²) < 4.78 is 0. The Morgan fingerprint density at radius 3 is 2.50 bits per heavy atom. The van der Waals surface area contributed by atoms with E-state index in [0.29, 0.717) is 5.69 Å². The van der Waals surface area contributed by atoms with E-state index in [1.165, 1.54) is 18.4 Å². The maximum absolute atomic E-state index is 12.2. The molecular formula is C17H20N4O. The quantitative estimate of drug-likeness (QED) is 0.946. The Bertz CT molecular complexity index is 676. The van der Waals surface area contributed by atoms with E-state index in [1.807, 2.05) is 32.0 Å². The van der Waals surface area contributed by atoms with Crippen LogP contribution in [0.1, 0.15) is 34.5 Å². The van der Waals surface area contributed by atoms with Crippen molar-refractivity contribution in [2.45, 2.75) is 26.7 Å². The van der Waals surface area contributed by atoms with Gasteiger partial charge in [0.1, 0.15) is 11.5 Å². The van der Waals surface area contributed by atoms with Crippen LogP contribution in [0.15, 0.2) is 30.6 Å². The highest BCUT2D eigenvalue weighted by atomic mass is 16.1. The Morgan fingerprint density at radius 2 is 1.86 bits per heavy atom. The van der Waals surface area contributed by atoms with Gasteiger partial charge in [0.2, 0.25) is 0 Å². The topological polar surface area (TPSA) is 58.1 Å². The zero-order chi connectivity index (χ0) is 15.5. The second kappa shape index (κ2) is 6.13. The summed E-state index contributed by atoms with van der Waals surface area (Å²) in [5.41, 5.74) is 3.46. The number of benzene rings is 1. The molecule has 0 spiro atoms. The molecule has 0 saturated carbocycles. The molecule has 2 aromatic rings. The highest BCUT2D eigenvalue weighted by Gasteiger charge is 2.15. The number of rotatable bonds is 3. The Hall–Kier alpha value is -2.43. The summed E-state index contributed by atoms with van der Waals surface area (Å²) in [5.74, 6) is 0.615. The van der Waals surface area contributed by atoms with E-state index in [9.17, 15) is 4.79 Å². The lowest BCUT2D eigenvalue weighted by atomic mass is 10.1. The van der Waals surface area contributed by atoms with Gasteiger partial charge in [-0.3, -0.25) is 4.79 Å². The molecule has 1 aromatic carbocycles. The van der Waals surface area contributed by atoms with Gasteiger partial charge in [0.15, 0.2) is 0 Å². The lowest BCUT2D eigenvalue weighted by Gasteiger charge is -2.15. The van der Waals surface area contributed by atoms with E-state index in [4.69, 9.17) is 0 Å². The highest BCUT2D eigenvalue weighted by molar-refractivity contribution is 6.02. The maximum atomic E-state index is 12.2. The van der Waals surface area contributed by atoms with Gasteiger partial charge in [0.05, 0.1) is 12.4 Å². The number of nitrogens with zero attached hydrogens (tertiary/aromatic N) is 3. The summed E-state index contributed by atoms with van der Waals surface area (Å²) in [6, 6.07) is 5.85. The molecule has 1 aliphatic rings. The van der Waals surface area contributed by atoms with Crippen LogP contribution in [0.3, 0.4) is 0 Å². The van der Waals surface area contributed by atoms with Crippen LogP contribution in [0.2, 0.25) is 0 Å². The van der Waals surface area contributed by atoms with Gasteiger partial charge in [-0.1, -0.05) is 6.07 Å². The standard InChI is InChI=1S/C17H20N4O/c1-12-5-6-14(9-13(12)2)20-17(22)15-10-19-16(11-18-15)21-7-3-4-8-21/h5-6,9-11H,3-4,7-8H2,1-2H3,(H,20,22). The summed E-state index contributed by atoms with van der Waals surface area (Å²) >= 11 is 0. The number of aryl methyl sites for hydroxylation is 2. The fraction of sp³-hybridized carbons (Fsp3) is 0.353. The highest BCUT2D eigenvalue weighted by Crippen LogP contribution is 2.17. The monoisotopic (exact) mass is 296 g/mol. The molecule has 3 rings (SSSR count). The minimum Gasteiger partial charge on any atom is -0.355 e. The molecule has 1 aliphatic heterocycles. The van der Waals surface area contributed by atoms with Crippen LogP contribution in [0.4, 0.5) is 11.5 Å². The van der Waals surface area contributed by atoms with Gasteiger partial charge >= 0.3 is 0 Å². The molecule has 0 unspecified atom stereocenters. The average Bonchev–Trinajstić information content (AvgIpc) is 3.05. The fourth-order valence-corrected chi connectivity index (χ4v) is 2.56. The second-order valence-electron chi connectivity index (χ2n) is 5.71. The third-order valence-electron chi connectivity index (χ3n) is 4.07. The third kappa shape index (κ3) is 3.08. The van der Waals surface area contributed by atoms with Gasteiger partial charge in [-0.25, -0.2) is 9.97 Å². The molecule has 1 saturated heterocycles. The smallest absolute Gasteiger partial charge is 0.275 e. The first-order valence-electron chi connectivity index (χ1n) is 7.59. The Kier molecular flexibility index (Phi) is 4.04. The van der Waals surface area contributed by atoms with Crippen LogP contribution in [0.25, 0.3) is 0 Å². The van der Waals surface area contributed by atoms with Crippen LogP contribution in [-0.4, -0.2) is 29.0 Å². The summed E-state index contributed by atoms with van der Waals surface area (Å²) in [7, 11) is 0. The maximum Gasteiger partial charge on any atom is 0.275 e. The number of anilines is 2. The first-order chi connectivity index (χ1) is 10.6. The number of carbonyl (C=O) groups excluding carboxylic acids is 1. The summed E-state index contributed by atoms with van der Waals surface area (Å²) in [6.07, 6.45) is 5.61. The summed E-state index contributed by atoms with van der Waals surface area (Å²) in [6.45, 7) is 6.10. The Morgan fingerprint density at radius 1 is 1.09 bits per heavy atom. The fourth-order valence-electron chi connectivity index (χ4n) is 2.56. The number of nitrogens with one attached hydrogen (secondary N) is 1. The summed E-state index contributed by atoms with van der Waals surface area (Å²) in [4.78, 5) is 23.0. The number of carbonyl (C=O) groups is 1. The van der Waals surface area contributed by atoms with Crippen molar-refractivity contribution in [1.29, 1.82) is 0 Å². The first-order valence-corrected chi connectivity index (χ1v) is 7.59. The number of aromatic nitrogens is 2. The van der Waals surface area contributed by atoms with Crippen LogP contribution < -0.4 is 10.2 Å². The summed E-state index contributed by atoms with van der Waals surface area (Å²) in [5, 5.41) is 2.86. The van der Waals surface area contributed by atoms with Gasteiger partial charge in [-0.2, -0.15) is 0 Å². The molecule has 0 radical (unpaired) electrons. The molecule has 22 heavy (non-hydrogen) atoms. The molecule has 5 heteroatoms. The van der Waals surface area contributed by atoms with Gasteiger partial charge < -0.3 is 10.2 Å². The predicted octanol–water partition coefficient (Wildman–Crippen LogP) is 2.95. The molecule has 2 heterocycles. The van der Waals surface area contributed by atoms with Crippen molar-refractivity contribution < 1.29 is 4.79 Å². The van der Waals surface area contributed by atoms with Crippen LogP contribution in [0.5, 0.6) is 0 Å². The van der Waals surface area contributed by atoms with E-state index >= 15 is 0 Å². The Balaban J connectivity index is 1.70. The van der Waals surface area contributed by atoms with Crippen LogP contribution in [0, 0.1) is 13.8 Å². The van der Waals surface area contributed by atoms with Gasteiger partial charge in [0, 0.05) is 18.8 Å². The van der Waals surface area contributed by atoms with Crippen molar-refractivity contribution in [2.24, 2.45) is 0 Å². The molecular weight excluding hydrogens is 276 g/mol.